The lowest BCUT2D eigenvalue weighted by Crippen LogP contribution is -2.08. The number of hydrogen-bond donors (Lipinski definition) is 1. The van der Waals surface area contributed by atoms with Gasteiger partial charge in [-0.15, -0.1) is 0 Å². The van der Waals surface area contributed by atoms with Crippen LogP contribution in [-0.4, -0.2) is 16.1 Å². The molecular formula is C13H7F4NO2. The van der Waals surface area contributed by atoms with Gasteiger partial charge in [0.2, 0.25) is 0 Å². The first kappa shape index (κ1) is 14.0. The number of benzene rings is 1. The second-order valence-electron chi connectivity index (χ2n) is 3.92. The van der Waals surface area contributed by atoms with E-state index in [-0.39, 0.29) is 0 Å². The van der Waals surface area contributed by atoms with Gasteiger partial charge in [0.15, 0.2) is 17.5 Å². The Labute approximate surface area is 110 Å². The quantitative estimate of drug-likeness (QED) is 0.882. The molecule has 0 aliphatic carbocycles. The summed E-state index contributed by atoms with van der Waals surface area (Å²) in [4.78, 5) is 14.0. The number of aliphatic carboxylic acids is 1. The molecule has 0 fully saturated rings. The van der Waals surface area contributed by atoms with Crippen molar-refractivity contribution in [3.8, 4) is 11.3 Å². The predicted octanol–water partition coefficient (Wildman–Crippen LogP) is 2.93. The number of rotatable bonds is 3. The zero-order valence-corrected chi connectivity index (χ0v) is 9.83. The van der Waals surface area contributed by atoms with Crippen molar-refractivity contribution < 1.29 is 27.5 Å². The summed E-state index contributed by atoms with van der Waals surface area (Å²) in [6.45, 7) is 0. The number of carbonyl (C=O) groups is 1. The molecule has 1 heterocycles. The Kier molecular flexibility index (Phi) is 3.69. The zero-order valence-electron chi connectivity index (χ0n) is 9.83. The average Bonchev–Trinajstić information content (AvgIpc) is 2.36. The number of halogens is 4. The van der Waals surface area contributed by atoms with E-state index in [2.05, 4.69) is 4.98 Å². The van der Waals surface area contributed by atoms with Gasteiger partial charge >= 0.3 is 5.97 Å². The smallest absolute Gasteiger partial charge is 0.309 e. The van der Waals surface area contributed by atoms with Crippen molar-refractivity contribution in [2.24, 2.45) is 0 Å². The second kappa shape index (κ2) is 5.28. The molecule has 0 spiro atoms. The third-order valence-corrected chi connectivity index (χ3v) is 2.53. The fourth-order valence-corrected chi connectivity index (χ4v) is 1.65. The van der Waals surface area contributed by atoms with Gasteiger partial charge in [0.05, 0.1) is 12.1 Å². The molecule has 0 saturated heterocycles. The summed E-state index contributed by atoms with van der Waals surface area (Å²) in [5.74, 6) is -6.31. The monoisotopic (exact) mass is 285 g/mol. The van der Waals surface area contributed by atoms with E-state index in [0.29, 0.717) is 6.07 Å². The Morgan fingerprint density at radius 3 is 2.45 bits per heavy atom. The van der Waals surface area contributed by atoms with Gasteiger partial charge in [-0.2, -0.15) is 0 Å². The van der Waals surface area contributed by atoms with Crippen LogP contribution in [0.15, 0.2) is 24.3 Å². The van der Waals surface area contributed by atoms with Gasteiger partial charge in [-0.1, -0.05) is 6.07 Å². The second-order valence-corrected chi connectivity index (χ2v) is 3.92. The van der Waals surface area contributed by atoms with Gasteiger partial charge in [0, 0.05) is 11.6 Å². The molecule has 2 rings (SSSR count). The summed E-state index contributed by atoms with van der Waals surface area (Å²) in [6, 6.07) is 3.42. The van der Waals surface area contributed by atoms with Crippen LogP contribution in [0.2, 0.25) is 0 Å². The first-order valence-corrected chi connectivity index (χ1v) is 5.41. The van der Waals surface area contributed by atoms with E-state index < -0.39 is 52.6 Å². The van der Waals surface area contributed by atoms with E-state index in [4.69, 9.17) is 5.11 Å². The highest BCUT2D eigenvalue weighted by Crippen LogP contribution is 2.26. The molecule has 1 aromatic heterocycles. The highest BCUT2D eigenvalue weighted by Gasteiger charge is 2.19. The highest BCUT2D eigenvalue weighted by molar-refractivity contribution is 5.70. The van der Waals surface area contributed by atoms with Gasteiger partial charge < -0.3 is 5.11 Å². The van der Waals surface area contributed by atoms with Crippen molar-refractivity contribution in [2.75, 3.05) is 0 Å². The standard InChI is InChI=1S/C13H7F4NO2/c14-7-3-1-2-6(12(7)17)13-9(16)4-8(15)10(18-13)5-11(19)20/h1-4H,5H2,(H,19,20). The summed E-state index contributed by atoms with van der Waals surface area (Å²) in [6.07, 6.45) is -0.796. The van der Waals surface area contributed by atoms with Crippen LogP contribution < -0.4 is 0 Å². The third kappa shape index (κ3) is 2.61. The van der Waals surface area contributed by atoms with Gasteiger partial charge in [-0.3, -0.25) is 4.79 Å². The minimum atomic E-state index is -1.38. The topological polar surface area (TPSA) is 50.2 Å². The molecule has 0 saturated carbocycles. The molecule has 0 aliphatic heterocycles. The number of pyridine rings is 1. The van der Waals surface area contributed by atoms with Crippen molar-refractivity contribution in [3.63, 3.8) is 0 Å². The molecule has 104 valence electrons. The van der Waals surface area contributed by atoms with Crippen LogP contribution >= 0.6 is 0 Å². The van der Waals surface area contributed by atoms with E-state index in [1.165, 1.54) is 0 Å². The van der Waals surface area contributed by atoms with Crippen LogP contribution in [0, 0.1) is 23.3 Å². The van der Waals surface area contributed by atoms with E-state index in [1.54, 1.807) is 0 Å². The van der Waals surface area contributed by atoms with Crippen LogP contribution in [0.1, 0.15) is 5.69 Å². The molecule has 1 N–H and O–H groups in total. The summed E-state index contributed by atoms with van der Waals surface area (Å²) in [5, 5.41) is 8.59. The molecular weight excluding hydrogens is 278 g/mol. The van der Waals surface area contributed by atoms with Crippen LogP contribution in [0.25, 0.3) is 11.3 Å². The number of nitrogens with zero attached hydrogens (tertiary/aromatic N) is 1. The van der Waals surface area contributed by atoms with Crippen LogP contribution in [-0.2, 0) is 11.2 Å². The van der Waals surface area contributed by atoms with E-state index in [0.717, 1.165) is 18.2 Å². The molecule has 20 heavy (non-hydrogen) atoms. The third-order valence-electron chi connectivity index (χ3n) is 2.53. The summed E-state index contributed by atoms with van der Waals surface area (Å²) < 4.78 is 53.6. The van der Waals surface area contributed by atoms with Crippen molar-refractivity contribution in [1.29, 1.82) is 0 Å². The molecule has 0 atom stereocenters. The lowest BCUT2D eigenvalue weighted by atomic mass is 10.1. The first-order chi connectivity index (χ1) is 9.40. The SMILES string of the molecule is O=C(O)Cc1nc(-c2cccc(F)c2F)c(F)cc1F. The molecule has 7 heteroatoms. The fraction of sp³-hybridized carbons (Fsp3) is 0.0769. The molecule has 0 aliphatic rings. The maximum Gasteiger partial charge on any atom is 0.309 e. The normalized spacial score (nSPS) is 10.6. The van der Waals surface area contributed by atoms with Crippen LogP contribution in [0.5, 0.6) is 0 Å². The molecule has 0 unspecified atom stereocenters. The van der Waals surface area contributed by atoms with Crippen LogP contribution in [0.3, 0.4) is 0 Å². The molecule has 0 radical (unpaired) electrons. The van der Waals surface area contributed by atoms with E-state index in [9.17, 15) is 22.4 Å². The average molecular weight is 285 g/mol. The molecule has 1 aromatic carbocycles. The van der Waals surface area contributed by atoms with E-state index >= 15 is 0 Å². The first-order valence-electron chi connectivity index (χ1n) is 5.41. The highest BCUT2D eigenvalue weighted by atomic mass is 19.2. The fourth-order valence-electron chi connectivity index (χ4n) is 1.65. The summed E-state index contributed by atoms with van der Waals surface area (Å²) >= 11 is 0. The van der Waals surface area contributed by atoms with Gasteiger partial charge in [0.25, 0.3) is 0 Å². The minimum Gasteiger partial charge on any atom is -0.481 e. The number of hydrogen-bond acceptors (Lipinski definition) is 2. The molecule has 3 nitrogen and oxygen atoms in total. The van der Waals surface area contributed by atoms with E-state index in [1.807, 2.05) is 0 Å². The maximum atomic E-state index is 13.6. The largest absolute Gasteiger partial charge is 0.481 e. The Balaban J connectivity index is 2.62. The number of carboxylic acids is 1. The van der Waals surface area contributed by atoms with Crippen molar-refractivity contribution >= 4 is 5.97 Å². The van der Waals surface area contributed by atoms with Crippen molar-refractivity contribution in [3.05, 3.63) is 53.2 Å². The minimum absolute atomic E-state index is 0.394. The lowest BCUT2D eigenvalue weighted by molar-refractivity contribution is -0.136. The Morgan fingerprint density at radius 2 is 1.80 bits per heavy atom. The lowest BCUT2D eigenvalue weighted by Gasteiger charge is -2.07. The van der Waals surface area contributed by atoms with Crippen LogP contribution in [0.4, 0.5) is 17.6 Å². The van der Waals surface area contributed by atoms with Gasteiger partial charge in [0.1, 0.15) is 11.5 Å². The van der Waals surface area contributed by atoms with Gasteiger partial charge in [-0.25, -0.2) is 22.5 Å². The maximum absolute atomic E-state index is 13.6. The molecule has 0 amide bonds. The van der Waals surface area contributed by atoms with Crippen molar-refractivity contribution in [1.82, 2.24) is 4.98 Å². The van der Waals surface area contributed by atoms with Crippen molar-refractivity contribution in [2.45, 2.75) is 6.42 Å². The Bertz CT molecular complexity index is 688. The predicted molar refractivity (Wildman–Crippen MR) is 60.8 cm³/mol. The zero-order chi connectivity index (χ0) is 14.9. The number of aromatic nitrogens is 1. The molecule has 0 bridgehead atoms. The van der Waals surface area contributed by atoms with Gasteiger partial charge in [-0.05, 0) is 12.1 Å². The summed E-state index contributed by atoms with van der Waals surface area (Å²) in [7, 11) is 0. The Morgan fingerprint density at radius 1 is 1.10 bits per heavy atom. The number of carboxylic acid groups (broad SMARTS) is 1. The Hall–Kier alpha value is -2.44. The molecule has 2 aromatic rings. The summed E-state index contributed by atoms with van der Waals surface area (Å²) in [5.41, 5.74) is -1.70.